The number of anilines is 2. The first-order valence-electron chi connectivity index (χ1n) is 10.8. The minimum absolute atomic E-state index is 0.147. The molecule has 2 unspecified atom stereocenters. The standard InChI is InChI=1S/C27H30N2O/c1-21-23(18-17-22-11-9-10-16-26(21)22)19-28(2)27(30)20-29(24-12-5-3-6-13-24)25-14-7-4-8-15-25/h3-16,21,23H,17-20H2,1-2H3. The second kappa shape index (κ2) is 9.17. The minimum Gasteiger partial charge on any atom is -0.344 e. The second-order valence-electron chi connectivity index (χ2n) is 8.32. The van der Waals surface area contributed by atoms with Gasteiger partial charge in [-0.3, -0.25) is 4.79 Å². The van der Waals surface area contributed by atoms with Gasteiger partial charge in [0.1, 0.15) is 6.54 Å². The lowest BCUT2D eigenvalue weighted by atomic mass is 9.76. The Balaban J connectivity index is 1.47. The highest BCUT2D eigenvalue weighted by Crippen LogP contribution is 2.36. The molecule has 0 aromatic heterocycles. The molecular formula is C27H30N2O. The maximum Gasteiger partial charge on any atom is 0.242 e. The van der Waals surface area contributed by atoms with E-state index in [9.17, 15) is 4.79 Å². The van der Waals surface area contributed by atoms with Gasteiger partial charge in [0.25, 0.3) is 0 Å². The first-order valence-corrected chi connectivity index (χ1v) is 10.8. The van der Waals surface area contributed by atoms with Crippen molar-refractivity contribution in [1.29, 1.82) is 0 Å². The fourth-order valence-corrected chi connectivity index (χ4v) is 4.56. The van der Waals surface area contributed by atoms with Crippen molar-refractivity contribution in [2.75, 3.05) is 25.0 Å². The number of benzene rings is 3. The molecule has 1 aliphatic carbocycles. The normalized spacial score (nSPS) is 17.8. The van der Waals surface area contributed by atoms with Crippen molar-refractivity contribution in [2.24, 2.45) is 5.92 Å². The third-order valence-corrected chi connectivity index (χ3v) is 6.40. The molecule has 154 valence electrons. The molecule has 0 radical (unpaired) electrons. The van der Waals surface area contributed by atoms with Gasteiger partial charge in [-0.2, -0.15) is 0 Å². The topological polar surface area (TPSA) is 23.6 Å². The number of likely N-dealkylation sites (N-methyl/N-ethyl adjacent to an activating group) is 1. The lowest BCUT2D eigenvalue weighted by Gasteiger charge is -2.35. The van der Waals surface area contributed by atoms with Crippen molar-refractivity contribution < 1.29 is 4.79 Å². The van der Waals surface area contributed by atoms with Crippen LogP contribution >= 0.6 is 0 Å². The van der Waals surface area contributed by atoms with Crippen LogP contribution in [0.1, 0.15) is 30.4 Å². The first-order chi connectivity index (χ1) is 14.6. The van der Waals surface area contributed by atoms with E-state index >= 15 is 0 Å². The van der Waals surface area contributed by atoms with Gasteiger partial charge in [-0.1, -0.05) is 67.6 Å². The number of para-hydroxylation sites is 2. The molecule has 3 heteroatoms. The number of hydrogen-bond acceptors (Lipinski definition) is 2. The van der Waals surface area contributed by atoms with E-state index in [1.54, 1.807) is 0 Å². The van der Waals surface area contributed by atoms with E-state index < -0.39 is 0 Å². The molecule has 3 nitrogen and oxygen atoms in total. The summed E-state index contributed by atoms with van der Waals surface area (Å²) >= 11 is 0. The lowest BCUT2D eigenvalue weighted by molar-refractivity contribution is -0.129. The fourth-order valence-electron chi connectivity index (χ4n) is 4.56. The molecule has 0 N–H and O–H groups in total. The summed E-state index contributed by atoms with van der Waals surface area (Å²) in [5.41, 5.74) is 4.98. The Bertz CT molecular complexity index is 931. The molecule has 4 rings (SSSR count). The zero-order chi connectivity index (χ0) is 20.9. The van der Waals surface area contributed by atoms with Crippen molar-refractivity contribution in [3.8, 4) is 0 Å². The molecule has 0 fully saturated rings. The van der Waals surface area contributed by atoms with Crippen molar-refractivity contribution in [2.45, 2.75) is 25.7 Å². The zero-order valence-electron chi connectivity index (χ0n) is 17.9. The van der Waals surface area contributed by atoms with Gasteiger partial charge in [0, 0.05) is 25.0 Å². The maximum absolute atomic E-state index is 13.2. The van der Waals surface area contributed by atoms with E-state index in [0.29, 0.717) is 18.4 Å². The molecule has 2 atom stereocenters. The van der Waals surface area contributed by atoms with Gasteiger partial charge >= 0.3 is 0 Å². The van der Waals surface area contributed by atoms with Crippen LogP contribution < -0.4 is 4.90 Å². The van der Waals surface area contributed by atoms with E-state index in [1.807, 2.05) is 48.3 Å². The highest BCUT2D eigenvalue weighted by atomic mass is 16.2. The Morgan fingerprint density at radius 2 is 1.43 bits per heavy atom. The summed E-state index contributed by atoms with van der Waals surface area (Å²) in [4.78, 5) is 17.2. The van der Waals surface area contributed by atoms with E-state index in [-0.39, 0.29) is 5.91 Å². The van der Waals surface area contributed by atoms with Gasteiger partial charge in [-0.05, 0) is 60.1 Å². The maximum atomic E-state index is 13.2. The average Bonchev–Trinajstić information content (AvgIpc) is 2.80. The number of amides is 1. The predicted molar refractivity (Wildman–Crippen MR) is 124 cm³/mol. The lowest BCUT2D eigenvalue weighted by Crippen LogP contribution is -2.40. The van der Waals surface area contributed by atoms with Gasteiger partial charge < -0.3 is 9.80 Å². The van der Waals surface area contributed by atoms with Gasteiger partial charge in [0.05, 0.1) is 0 Å². The summed E-state index contributed by atoms with van der Waals surface area (Å²) in [5, 5.41) is 0. The summed E-state index contributed by atoms with van der Waals surface area (Å²) in [7, 11) is 1.95. The van der Waals surface area contributed by atoms with Gasteiger partial charge in [0.2, 0.25) is 5.91 Å². The Kier molecular flexibility index (Phi) is 6.18. The number of rotatable bonds is 6. The van der Waals surface area contributed by atoms with Gasteiger partial charge in [0.15, 0.2) is 0 Å². The highest BCUT2D eigenvalue weighted by molar-refractivity contribution is 5.84. The van der Waals surface area contributed by atoms with E-state index in [1.165, 1.54) is 11.1 Å². The van der Waals surface area contributed by atoms with Crippen molar-refractivity contribution >= 4 is 17.3 Å². The van der Waals surface area contributed by atoms with E-state index in [0.717, 1.165) is 30.8 Å². The van der Waals surface area contributed by atoms with Crippen molar-refractivity contribution in [1.82, 2.24) is 4.90 Å². The Labute approximate surface area is 180 Å². The quantitative estimate of drug-likeness (QED) is 0.536. The molecule has 3 aromatic rings. The van der Waals surface area contributed by atoms with Crippen LogP contribution in [0.3, 0.4) is 0 Å². The molecule has 1 amide bonds. The average molecular weight is 399 g/mol. The minimum atomic E-state index is 0.147. The molecule has 0 saturated heterocycles. The largest absolute Gasteiger partial charge is 0.344 e. The van der Waals surface area contributed by atoms with Crippen LogP contribution in [0.2, 0.25) is 0 Å². The fraction of sp³-hybridized carbons (Fsp3) is 0.296. The number of hydrogen-bond donors (Lipinski definition) is 0. The summed E-state index contributed by atoms with van der Waals surface area (Å²) in [5.74, 6) is 1.12. The van der Waals surface area contributed by atoms with Crippen LogP contribution in [-0.4, -0.2) is 30.9 Å². The molecule has 0 spiro atoms. The Hall–Kier alpha value is -3.07. The molecule has 0 bridgehead atoms. The molecule has 30 heavy (non-hydrogen) atoms. The summed E-state index contributed by atoms with van der Waals surface area (Å²) in [6.07, 6.45) is 2.24. The molecular weight excluding hydrogens is 368 g/mol. The Morgan fingerprint density at radius 1 is 0.867 bits per heavy atom. The molecule has 0 heterocycles. The van der Waals surface area contributed by atoms with Crippen LogP contribution in [0, 0.1) is 5.92 Å². The third kappa shape index (κ3) is 4.40. The van der Waals surface area contributed by atoms with Gasteiger partial charge in [-0.25, -0.2) is 0 Å². The van der Waals surface area contributed by atoms with Crippen LogP contribution in [0.25, 0.3) is 0 Å². The number of fused-ring (bicyclic) bond motifs is 1. The van der Waals surface area contributed by atoms with Crippen molar-refractivity contribution in [3.63, 3.8) is 0 Å². The van der Waals surface area contributed by atoms with Gasteiger partial charge in [-0.15, -0.1) is 0 Å². The highest BCUT2D eigenvalue weighted by Gasteiger charge is 2.28. The van der Waals surface area contributed by atoms with Crippen LogP contribution in [-0.2, 0) is 11.2 Å². The molecule has 1 aliphatic rings. The van der Waals surface area contributed by atoms with Crippen LogP contribution in [0.4, 0.5) is 11.4 Å². The monoisotopic (exact) mass is 398 g/mol. The Morgan fingerprint density at radius 3 is 2.07 bits per heavy atom. The second-order valence-corrected chi connectivity index (χ2v) is 8.32. The molecule has 0 saturated carbocycles. The zero-order valence-corrected chi connectivity index (χ0v) is 17.9. The summed E-state index contributed by atoms with van der Waals surface area (Å²) < 4.78 is 0. The number of nitrogens with zero attached hydrogens (tertiary/aromatic N) is 2. The van der Waals surface area contributed by atoms with E-state index in [4.69, 9.17) is 0 Å². The predicted octanol–water partition coefficient (Wildman–Crippen LogP) is 5.65. The van der Waals surface area contributed by atoms with Crippen LogP contribution in [0.5, 0.6) is 0 Å². The third-order valence-electron chi connectivity index (χ3n) is 6.40. The first kappa shape index (κ1) is 20.2. The summed E-state index contributed by atoms with van der Waals surface area (Å²) in [6.45, 7) is 3.44. The number of carbonyl (C=O) groups is 1. The summed E-state index contributed by atoms with van der Waals surface area (Å²) in [6, 6.07) is 29.0. The number of carbonyl (C=O) groups excluding carboxylic acids is 1. The van der Waals surface area contributed by atoms with E-state index in [2.05, 4.69) is 60.4 Å². The van der Waals surface area contributed by atoms with Crippen molar-refractivity contribution in [3.05, 3.63) is 96.1 Å². The number of aryl methyl sites for hydroxylation is 1. The molecule has 0 aliphatic heterocycles. The SMILES string of the molecule is CC1c2ccccc2CCC1CN(C)C(=O)CN(c1ccccc1)c1ccccc1. The van der Waals surface area contributed by atoms with Crippen LogP contribution in [0.15, 0.2) is 84.9 Å². The smallest absolute Gasteiger partial charge is 0.242 e. The molecule has 3 aromatic carbocycles.